The van der Waals surface area contributed by atoms with E-state index in [1.165, 1.54) is 5.56 Å². The Kier molecular flexibility index (Phi) is 3.71. The first kappa shape index (κ1) is 13.1. The molecule has 2 N–H and O–H groups in total. The fraction of sp³-hybridized carbons (Fsp3) is 0.533. The average Bonchev–Trinajstić information content (AvgIpc) is 2.54. The van der Waals surface area contributed by atoms with Crippen molar-refractivity contribution in [2.75, 3.05) is 7.05 Å². The van der Waals surface area contributed by atoms with Crippen molar-refractivity contribution in [1.82, 2.24) is 4.90 Å². The molecule has 0 aliphatic carbocycles. The third-order valence-corrected chi connectivity index (χ3v) is 3.59. The third-order valence-electron chi connectivity index (χ3n) is 3.59. The Morgan fingerprint density at radius 3 is 2.39 bits per heavy atom. The first-order valence-corrected chi connectivity index (χ1v) is 6.59. The van der Waals surface area contributed by atoms with Gasteiger partial charge in [0, 0.05) is 19.5 Å². The van der Waals surface area contributed by atoms with Gasteiger partial charge in [-0.2, -0.15) is 0 Å². The minimum atomic E-state index is -0.0848. The minimum Gasteiger partial charge on any atom is -0.337 e. The van der Waals surface area contributed by atoms with Gasteiger partial charge < -0.3 is 10.6 Å². The summed E-state index contributed by atoms with van der Waals surface area (Å²) in [5, 5.41) is 0. The molecule has 0 spiro atoms. The second kappa shape index (κ2) is 5.11. The fourth-order valence-electron chi connectivity index (χ4n) is 2.69. The van der Waals surface area contributed by atoms with E-state index in [1.807, 2.05) is 7.05 Å². The second-order valence-corrected chi connectivity index (χ2v) is 5.66. The van der Waals surface area contributed by atoms with Crippen LogP contribution in [0.25, 0.3) is 0 Å². The van der Waals surface area contributed by atoms with Gasteiger partial charge in [-0.3, -0.25) is 4.79 Å². The van der Waals surface area contributed by atoms with E-state index < -0.39 is 0 Å². The summed E-state index contributed by atoms with van der Waals surface area (Å²) in [6.07, 6.45) is 1.54. The van der Waals surface area contributed by atoms with E-state index in [-0.39, 0.29) is 18.0 Å². The molecule has 2 rings (SSSR count). The zero-order valence-corrected chi connectivity index (χ0v) is 11.4. The zero-order chi connectivity index (χ0) is 13.3. The standard InChI is InChI=1S/C15H22N2O/c1-10(2)8-11-4-6-12(7-5-11)15-13(16)9-14(18)17(15)3/h4-7,10,13,15H,8-9,16H2,1-3H3/t13-,15+/m0/s1. The molecular weight excluding hydrogens is 224 g/mol. The van der Waals surface area contributed by atoms with Crippen LogP contribution in [0.4, 0.5) is 0 Å². The highest BCUT2D eigenvalue weighted by atomic mass is 16.2. The summed E-state index contributed by atoms with van der Waals surface area (Å²) in [5.41, 5.74) is 8.53. The van der Waals surface area contributed by atoms with Gasteiger partial charge in [0.25, 0.3) is 0 Å². The Morgan fingerprint density at radius 1 is 1.33 bits per heavy atom. The monoisotopic (exact) mass is 246 g/mol. The molecule has 2 atom stereocenters. The summed E-state index contributed by atoms with van der Waals surface area (Å²) in [4.78, 5) is 13.4. The molecule has 1 aromatic rings. The van der Waals surface area contributed by atoms with Crippen molar-refractivity contribution in [3.8, 4) is 0 Å². The van der Waals surface area contributed by atoms with Crippen molar-refractivity contribution in [2.24, 2.45) is 11.7 Å². The van der Waals surface area contributed by atoms with Gasteiger partial charge in [-0.25, -0.2) is 0 Å². The summed E-state index contributed by atoms with van der Waals surface area (Å²) in [6.45, 7) is 4.43. The molecule has 0 aromatic heterocycles. The van der Waals surface area contributed by atoms with Gasteiger partial charge in [-0.1, -0.05) is 38.1 Å². The number of carbonyl (C=O) groups is 1. The largest absolute Gasteiger partial charge is 0.337 e. The highest BCUT2D eigenvalue weighted by Gasteiger charge is 2.35. The topological polar surface area (TPSA) is 46.3 Å². The van der Waals surface area contributed by atoms with E-state index in [4.69, 9.17) is 5.73 Å². The Balaban J connectivity index is 2.17. The van der Waals surface area contributed by atoms with Crippen molar-refractivity contribution >= 4 is 5.91 Å². The van der Waals surface area contributed by atoms with Gasteiger partial charge in [0.1, 0.15) is 0 Å². The first-order valence-electron chi connectivity index (χ1n) is 6.59. The summed E-state index contributed by atoms with van der Waals surface area (Å²) in [6, 6.07) is 8.47. The van der Waals surface area contributed by atoms with Crippen molar-refractivity contribution in [2.45, 2.75) is 38.8 Å². The van der Waals surface area contributed by atoms with Crippen LogP contribution in [0.15, 0.2) is 24.3 Å². The summed E-state index contributed by atoms with van der Waals surface area (Å²) in [5.74, 6) is 0.799. The van der Waals surface area contributed by atoms with Crippen LogP contribution >= 0.6 is 0 Å². The lowest BCUT2D eigenvalue weighted by atomic mass is 9.97. The lowest BCUT2D eigenvalue weighted by Gasteiger charge is -2.23. The molecule has 0 bridgehead atoms. The first-order chi connectivity index (χ1) is 8.49. The normalized spacial score (nSPS) is 24.1. The van der Waals surface area contributed by atoms with Crippen LogP contribution in [-0.2, 0) is 11.2 Å². The molecule has 0 unspecified atom stereocenters. The smallest absolute Gasteiger partial charge is 0.224 e. The molecule has 0 saturated carbocycles. The van der Waals surface area contributed by atoms with E-state index in [0.717, 1.165) is 12.0 Å². The number of rotatable bonds is 3. The van der Waals surface area contributed by atoms with E-state index >= 15 is 0 Å². The zero-order valence-electron chi connectivity index (χ0n) is 11.4. The molecule has 1 fully saturated rings. The van der Waals surface area contributed by atoms with Gasteiger partial charge >= 0.3 is 0 Å². The third kappa shape index (κ3) is 2.56. The average molecular weight is 246 g/mol. The number of carbonyl (C=O) groups excluding carboxylic acids is 1. The van der Waals surface area contributed by atoms with Crippen molar-refractivity contribution < 1.29 is 4.79 Å². The minimum absolute atomic E-state index is 0.0330. The maximum absolute atomic E-state index is 11.6. The van der Waals surface area contributed by atoms with Crippen molar-refractivity contribution in [3.63, 3.8) is 0 Å². The summed E-state index contributed by atoms with van der Waals surface area (Å²) < 4.78 is 0. The SMILES string of the molecule is CC(C)Cc1ccc([C@@H]2[C@@H](N)CC(=O)N2C)cc1. The van der Waals surface area contributed by atoms with Crippen molar-refractivity contribution in [1.29, 1.82) is 0 Å². The lowest BCUT2D eigenvalue weighted by Crippen LogP contribution is -2.30. The highest BCUT2D eigenvalue weighted by molar-refractivity contribution is 5.80. The van der Waals surface area contributed by atoms with Crippen LogP contribution in [0.2, 0.25) is 0 Å². The highest BCUT2D eigenvalue weighted by Crippen LogP contribution is 2.30. The molecular formula is C15H22N2O. The van der Waals surface area contributed by atoms with Gasteiger partial charge in [-0.15, -0.1) is 0 Å². The Bertz CT molecular complexity index is 425. The maximum atomic E-state index is 11.6. The van der Waals surface area contributed by atoms with E-state index in [2.05, 4.69) is 38.1 Å². The second-order valence-electron chi connectivity index (χ2n) is 5.66. The Morgan fingerprint density at radius 2 is 1.94 bits per heavy atom. The van der Waals surface area contributed by atoms with Crippen LogP contribution in [0.1, 0.15) is 37.4 Å². The molecule has 18 heavy (non-hydrogen) atoms. The van der Waals surface area contributed by atoms with Crippen LogP contribution in [0, 0.1) is 5.92 Å². The van der Waals surface area contributed by atoms with E-state index in [1.54, 1.807) is 4.90 Å². The molecule has 1 aliphatic heterocycles. The number of nitrogens with two attached hydrogens (primary N) is 1. The number of benzene rings is 1. The van der Waals surface area contributed by atoms with Crippen molar-refractivity contribution in [3.05, 3.63) is 35.4 Å². The lowest BCUT2D eigenvalue weighted by molar-refractivity contribution is -0.127. The summed E-state index contributed by atoms with van der Waals surface area (Å²) >= 11 is 0. The van der Waals surface area contributed by atoms with Gasteiger partial charge in [0.15, 0.2) is 0 Å². The molecule has 1 amide bonds. The molecule has 0 radical (unpaired) electrons. The van der Waals surface area contributed by atoms with Crippen LogP contribution < -0.4 is 5.73 Å². The molecule has 98 valence electrons. The van der Waals surface area contributed by atoms with Gasteiger partial charge in [0.2, 0.25) is 5.91 Å². The molecule has 1 heterocycles. The number of nitrogens with zero attached hydrogens (tertiary/aromatic N) is 1. The van der Waals surface area contributed by atoms with E-state index in [0.29, 0.717) is 12.3 Å². The molecule has 1 saturated heterocycles. The van der Waals surface area contributed by atoms with Crippen LogP contribution in [-0.4, -0.2) is 23.9 Å². The van der Waals surface area contributed by atoms with E-state index in [9.17, 15) is 4.79 Å². The summed E-state index contributed by atoms with van der Waals surface area (Å²) in [7, 11) is 1.84. The number of amides is 1. The van der Waals surface area contributed by atoms with Gasteiger partial charge in [0.05, 0.1) is 6.04 Å². The van der Waals surface area contributed by atoms with Crippen LogP contribution in [0.3, 0.4) is 0 Å². The predicted octanol–water partition coefficient (Wildman–Crippen LogP) is 2.12. The molecule has 3 nitrogen and oxygen atoms in total. The number of hydrogen-bond donors (Lipinski definition) is 1. The quantitative estimate of drug-likeness (QED) is 0.888. The number of hydrogen-bond acceptors (Lipinski definition) is 2. The predicted molar refractivity (Wildman–Crippen MR) is 73.1 cm³/mol. The van der Waals surface area contributed by atoms with Crippen LogP contribution in [0.5, 0.6) is 0 Å². The number of likely N-dealkylation sites (tertiary alicyclic amines) is 1. The van der Waals surface area contributed by atoms with Gasteiger partial charge in [-0.05, 0) is 23.5 Å². The fourth-order valence-corrected chi connectivity index (χ4v) is 2.69. The Labute approximate surface area is 109 Å². The molecule has 1 aliphatic rings. The molecule has 3 heteroatoms. The number of likely N-dealkylation sites (N-methyl/N-ethyl adjacent to an activating group) is 1. The maximum Gasteiger partial charge on any atom is 0.224 e. The Hall–Kier alpha value is -1.35. The molecule has 1 aromatic carbocycles.